The molecule has 0 atom stereocenters. The van der Waals surface area contributed by atoms with E-state index in [1.807, 2.05) is 6.08 Å². The van der Waals surface area contributed by atoms with Crippen molar-refractivity contribution in [2.45, 2.75) is 53.4 Å². The summed E-state index contributed by atoms with van der Waals surface area (Å²) >= 11 is 0. The largest absolute Gasteiger partial charge is 0.445 e. The molecule has 0 rings (SSSR count). The Bertz CT molecular complexity index is 427. The third-order valence-corrected chi connectivity index (χ3v) is 3.16. The lowest BCUT2D eigenvalue weighted by Gasteiger charge is -2.04. The van der Waals surface area contributed by atoms with E-state index in [9.17, 15) is 4.79 Å². The van der Waals surface area contributed by atoms with E-state index in [2.05, 4.69) is 51.7 Å². The first-order valence-corrected chi connectivity index (χ1v) is 7.91. The Balaban J connectivity index is 3.89. The standard InChI is InChI=1S/C19H31NO2/c1-6-14-20-19(21)22-15-13-18(5)12-8-11-17(4)10-7-9-16(2)3/h6,9,11,13H,1,7-8,10,12,14-15H2,2-5H3,(H,20,21)/b17-11+,18-13+. The maximum Gasteiger partial charge on any atom is 0.407 e. The SMILES string of the molecule is C=CCNC(=O)OC/C=C(\C)CC/C=C(\C)CCC=C(C)C. The molecule has 3 heteroatoms. The summed E-state index contributed by atoms with van der Waals surface area (Å²) in [5, 5.41) is 2.57. The second-order valence-corrected chi connectivity index (χ2v) is 5.73. The molecule has 0 aliphatic heterocycles. The average molecular weight is 305 g/mol. The predicted molar refractivity (Wildman–Crippen MR) is 95.0 cm³/mol. The van der Waals surface area contributed by atoms with E-state index in [1.165, 1.54) is 16.7 Å². The van der Waals surface area contributed by atoms with Gasteiger partial charge in [-0.25, -0.2) is 4.79 Å². The highest BCUT2D eigenvalue weighted by Gasteiger charge is 1.97. The summed E-state index contributed by atoms with van der Waals surface area (Å²) in [7, 11) is 0. The van der Waals surface area contributed by atoms with Crippen LogP contribution in [0.15, 0.2) is 47.6 Å². The van der Waals surface area contributed by atoms with Crippen LogP contribution in [0.5, 0.6) is 0 Å². The van der Waals surface area contributed by atoms with Crippen LogP contribution in [-0.4, -0.2) is 19.2 Å². The number of carbonyl (C=O) groups is 1. The molecule has 124 valence electrons. The number of rotatable bonds is 10. The summed E-state index contributed by atoms with van der Waals surface area (Å²) in [4.78, 5) is 11.2. The van der Waals surface area contributed by atoms with E-state index < -0.39 is 6.09 Å². The van der Waals surface area contributed by atoms with Gasteiger partial charge in [-0.3, -0.25) is 0 Å². The van der Waals surface area contributed by atoms with Gasteiger partial charge < -0.3 is 10.1 Å². The average Bonchev–Trinajstić information content (AvgIpc) is 2.44. The highest BCUT2D eigenvalue weighted by atomic mass is 16.5. The van der Waals surface area contributed by atoms with Gasteiger partial charge in [0.2, 0.25) is 0 Å². The molecular formula is C19H31NO2. The molecule has 0 radical (unpaired) electrons. The maximum absolute atomic E-state index is 11.2. The van der Waals surface area contributed by atoms with Gasteiger partial charge in [0.1, 0.15) is 6.61 Å². The molecule has 0 saturated carbocycles. The number of ether oxygens (including phenoxy) is 1. The second-order valence-electron chi connectivity index (χ2n) is 5.73. The fourth-order valence-corrected chi connectivity index (χ4v) is 1.81. The number of hydrogen-bond donors (Lipinski definition) is 1. The van der Waals surface area contributed by atoms with Crippen LogP contribution in [0.1, 0.15) is 53.4 Å². The van der Waals surface area contributed by atoms with Crippen LogP contribution in [0.25, 0.3) is 0 Å². The monoisotopic (exact) mass is 305 g/mol. The van der Waals surface area contributed by atoms with Crippen LogP contribution in [-0.2, 0) is 4.74 Å². The molecule has 0 bridgehead atoms. The molecule has 0 spiro atoms. The molecule has 0 aliphatic carbocycles. The van der Waals surface area contributed by atoms with Crippen LogP contribution in [0, 0.1) is 0 Å². The summed E-state index contributed by atoms with van der Waals surface area (Å²) in [5.74, 6) is 0. The Kier molecular flexibility index (Phi) is 11.9. The third-order valence-electron chi connectivity index (χ3n) is 3.16. The van der Waals surface area contributed by atoms with Crippen molar-refractivity contribution in [3.8, 4) is 0 Å². The first-order valence-electron chi connectivity index (χ1n) is 7.91. The molecule has 0 aromatic heterocycles. The summed E-state index contributed by atoms with van der Waals surface area (Å²) in [5.41, 5.74) is 4.05. The molecule has 0 heterocycles. The molecule has 0 aliphatic rings. The zero-order valence-corrected chi connectivity index (χ0v) is 14.6. The van der Waals surface area contributed by atoms with Crippen LogP contribution < -0.4 is 5.32 Å². The molecule has 0 unspecified atom stereocenters. The Labute approximate surface area is 135 Å². The highest BCUT2D eigenvalue weighted by molar-refractivity contribution is 5.67. The highest BCUT2D eigenvalue weighted by Crippen LogP contribution is 2.11. The van der Waals surface area contributed by atoms with Crippen LogP contribution >= 0.6 is 0 Å². The lowest BCUT2D eigenvalue weighted by Crippen LogP contribution is -2.24. The van der Waals surface area contributed by atoms with Crippen molar-refractivity contribution in [2.75, 3.05) is 13.2 Å². The Morgan fingerprint density at radius 1 is 1.00 bits per heavy atom. The van der Waals surface area contributed by atoms with Gasteiger partial charge in [0.25, 0.3) is 0 Å². The minimum Gasteiger partial charge on any atom is -0.445 e. The van der Waals surface area contributed by atoms with Crippen LogP contribution in [0.4, 0.5) is 4.79 Å². The fraction of sp³-hybridized carbons (Fsp3) is 0.526. The summed E-state index contributed by atoms with van der Waals surface area (Å²) in [6.07, 6.45) is 12.0. The van der Waals surface area contributed by atoms with Gasteiger partial charge in [0, 0.05) is 6.54 Å². The normalized spacial score (nSPS) is 11.8. The van der Waals surface area contributed by atoms with E-state index in [0.29, 0.717) is 13.2 Å². The summed E-state index contributed by atoms with van der Waals surface area (Å²) in [6, 6.07) is 0. The van der Waals surface area contributed by atoms with Gasteiger partial charge in [-0.1, -0.05) is 34.9 Å². The Morgan fingerprint density at radius 2 is 1.59 bits per heavy atom. The number of amides is 1. The molecule has 3 nitrogen and oxygen atoms in total. The summed E-state index contributed by atoms with van der Waals surface area (Å²) in [6.45, 7) is 12.8. The van der Waals surface area contributed by atoms with Gasteiger partial charge in [-0.2, -0.15) is 0 Å². The first kappa shape index (κ1) is 20.2. The van der Waals surface area contributed by atoms with Crippen molar-refractivity contribution in [3.05, 3.63) is 47.6 Å². The van der Waals surface area contributed by atoms with E-state index >= 15 is 0 Å². The number of nitrogens with one attached hydrogen (secondary N) is 1. The third kappa shape index (κ3) is 13.2. The topological polar surface area (TPSA) is 38.3 Å². The smallest absolute Gasteiger partial charge is 0.407 e. The minimum atomic E-state index is -0.404. The lowest BCUT2D eigenvalue weighted by atomic mass is 10.1. The van der Waals surface area contributed by atoms with Crippen molar-refractivity contribution in [1.82, 2.24) is 5.32 Å². The Hall–Kier alpha value is -1.77. The molecule has 1 N–H and O–H groups in total. The second kappa shape index (κ2) is 12.9. The van der Waals surface area contributed by atoms with E-state index in [0.717, 1.165) is 25.7 Å². The van der Waals surface area contributed by atoms with Gasteiger partial charge in [0.15, 0.2) is 0 Å². The maximum atomic E-state index is 11.2. The first-order chi connectivity index (χ1) is 10.5. The van der Waals surface area contributed by atoms with Crippen molar-refractivity contribution < 1.29 is 9.53 Å². The van der Waals surface area contributed by atoms with Crippen molar-refractivity contribution >= 4 is 6.09 Å². The number of alkyl carbamates (subject to hydrolysis) is 1. The van der Waals surface area contributed by atoms with Gasteiger partial charge >= 0.3 is 6.09 Å². The minimum absolute atomic E-state index is 0.318. The van der Waals surface area contributed by atoms with Gasteiger partial charge in [-0.15, -0.1) is 6.58 Å². The van der Waals surface area contributed by atoms with Gasteiger partial charge in [0.05, 0.1) is 0 Å². The van der Waals surface area contributed by atoms with Crippen molar-refractivity contribution in [1.29, 1.82) is 0 Å². The van der Waals surface area contributed by atoms with Crippen LogP contribution in [0.3, 0.4) is 0 Å². The molecule has 0 aromatic carbocycles. The predicted octanol–water partition coefficient (Wildman–Crippen LogP) is 5.32. The number of hydrogen-bond acceptors (Lipinski definition) is 2. The van der Waals surface area contributed by atoms with Crippen molar-refractivity contribution in [3.63, 3.8) is 0 Å². The molecule has 0 fully saturated rings. The van der Waals surface area contributed by atoms with Crippen molar-refractivity contribution in [2.24, 2.45) is 0 Å². The number of allylic oxidation sites excluding steroid dienone is 5. The summed E-state index contributed by atoms with van der Waals surface area (Å²) < 4.78 is 5.02. The zero-order chi connectivity index (χ0) is 16.8. The quantitative estimate of drug-likeness (QED) is 0.555. The zero-order valence-electron chi connectivity index (χ0n) is 14.6. The lowest BCUT2D eigenvalue weighted by molar-refractivity contribution is 0.159. The van der Waals surface area contributed by atoms with E-state index in [4.69, 9.17) is 4.74 Å². The molecular weight excluding hydrogens is 274 g/mol. The van der Waals surface area contributed by atoms with E-state index in [1.54, 1.807) is 6.08 Å². The Morgan fingerprint density at radius 3 is 2.18 bits per heavy atom. The molecule has 0 aromatic rings. The molecule has 0 saturated heterocycles. The van der Waals surface area contributed by atoms with Gasteiger partial charge in [-0.05, 0) is 59.5 Å². The molecule has 1 amide bonds. The molecule has 22 heavy (non-hydrogen) atoms. The van der Waals surface area contributed by atoms with Crippen LogP contribution in [0.2, 0.25) is 0 Å². The number of carbonyl (C=O) groups excluding carboxylic acids is 1. The fourth-order valence-electron chi connectivity index (χ4n) is 1.81. The van der Waals surface area contributed by atoms with E-state index in [-0.39, 0.29) is 0 Å².